The lowest BCUT2D eigenvalue weighted by atomic mass is 10.3. The highest BCUT2D eigenvalue weighted by Gasteiger charge is 1.97. The lowest BCUT2D eigenvalue weighted by Crippen LogP contribution is -2.16. The maximum atomic E-state index is 12.6. The minimum absolute atomic E-state index is 0.209. The predicted molar refractivity (Wildman–Crippen MR) is 57.9 cm³/mol. The summed E-state index contributed by atoms with van der Waals surface area (Å²) >= 11 is 0. The summed E-state index contributed by atoms with van der Waals surface area (Å²) in [6.07, 6.45) is 3.89. The number of halogens is 1. The number of nitrogens with two attached hydrogens (primary N) is 1. The average Bonchev–Trinajstić information content (AvgIpc) is 2.19. The number of nitrogens with zero attached hydrogens (tertiary/aromatic N) is 1. The van der Waals surface area contributed by atoms with Crippen LogP contribution >= 0.6 is 0 Å². The van der Waals surface area contributed by atoms with Gasteiger partial charge in [-0.05, 0) is 24.3 Å². The van der Waals surface area contributed by atoms with Crippen LogP contribution in [0, 0.1) is 5.82 Å². The molecule has 0 aliphatic heterocycles. The van der Waals surface area contributed by atoms with Crippen LogP contribution in [0.1, 0.15) is 0 Å². The fraction of sp³-hybridized carbons (Fsp3) is 0.273. The van der Waals surface area contributed by atoms with E-state index in [1.54, 1.807) is 12.1 Å². The van der Waals surface area contributed by atoms with Gasteiger partial charge in [-0.3, -0.25) is 0 Å². The van der Waals surface area contributed by atoms with Gasteiger partial charge in [0.1, 0.15) is 5.82 Å². The van der Waals surface area contributed by atoms with E-state index in [0.717, 1.165) is 12.2 Å². The Bertz CT molecular complexity index is 293. The molecule has 0 aliphatic rings. The predicted octanol–water partition coefficient (Wildman–Crippen LogP) is 1.78. The van der Waals surface area contributed by atoms with Crippen molar-refractivity contribution in [2.45, 2.75) is 0 Å². The maximum Gasteiger partial charge on any atom is 0.123 e. The van der Waals surface area contributed by atoms with Crippen molar-refractivity contribution in [3.05, 3.63) is 42.2 Å². The minimum atomic E-state index is -0.209. The van der Waals surface area contributed by atoms with Crippen LogP contribution in [0.15, 0.2) is 36.4 Å². The number of hydrogen-bond donors (Lipinski definition) is 1. The molecule has 1 aromatic carbocycles. The van der Waals surface area contributed by atoms with Gasteiger partial charge >= 0.3 is 0 Å². The van der Waals surface area contributed by atoms with Gasteiger partial charge in [-0.2, -0.15) is 0 Å². The zero-order valence-corrected chi connectivity index (χ0v) is 8.28. The molecule has 0 radical (unpaired) electrons. The quantitative estimate of drug-likeness (QED) is 0.740. The van der Waals surface area contributed by atoms with E-state index >= 15 is 0 Å². The molecule has 1 aromatic rings. The molecule has 3 heteroatoms. The molecule has 2 nitrogen and oxygen atoms in total. The van der Waals surface area contributed by atoms with Crippen LogP contribution in [0.2, 0.25) is 0 Å². The van der Waals surface area contributed by atoms with Gasteiger partial charge in [0.15, 0.2) is 0 Å². The topological polar surface area (TPSA) is 29.3 Å². The Labute approximate surface area is 83.8 Å². The first-order valence-corrected chi connectivity index (χ1v) is 4.56. The molecule has 1 rings (SSSR count). The molecule has 0 spiro atoms. The molecular weight excluding hydrogens is 179 g/mol. The van der Waals surface area contributed by atoms with Crippen molar-refractivity contribution in [1.29, 1.82) is 0 Å². The number of anilines is 1. The molecule has 0 saturated carbocycles. The molecule has 76 valence electrons. The lowest BCUT2D eigenvalue weighted by Gasteiger charge is -2.16. The highest BCUT2D eigenvalue weighted by molar-refractivity contribution is 5.45. The van der Waals surface area contributed by atoms with E-state index in [1.807, 2.05) is 24.1 Å². The standard InChI is InChI=1S/C11H15FN2/c1-14(9-3-2-8-13)11-6-4-10(12)5-7-11/h2-7H,8-9,13H2,1H3. The van der Waals surface area contributed by atoms with Crippen LogP contribution in [0.5, 0.6) is 0 Å². The van der Waals surface area contributed by atoms with E-state index in [-0.39, 0.29) is 5.82 Å². The molecule has 14 heavy (non-hydrogen) atoms. The Balaban J connectivity index is 2.56. The Hall–Kier alpha value is -1.35. The highest BCUT2D eigenvalue weighted by atomic mass is 19.1. The van der Waals surface area contributed by atoms with Gasteiger partial charge in [-0.25, -0.2) is 4.39 Å². The van der Waals surface area contributed by atoms with E-state index in [4.69, 9.17) is 5.73 Å². The molecule has 0 bridgehead atoms. The molecule has 0 aromatic heterocycles. The van der Waals surface area contributed by atoms with Crippen molar-refractivity contribution < 1.29 is 4.39 Å². The van der Waals surface area contributed by atoms with E-state index in [9.17, 15) is 4.39 Å². The van der Waals surface area contributed by atoms with Crippen molar-refractivity contribution in [2.75, 3.05) is 25.0 Å². The lowest BCUT2D eigenvalue weighted by molar-refractivity contribution is 0.627. The summed E-state index contributed by atoms with van der Waals surface area (Å²) in [5, 5.41) is 0. The molecular formula is C11H15FN2. The first-order chi connectivity index (χ1) is 6.74. The van der Waals surface area contributed by atoms with Crippen molar-refractivity contribution in [3.63, 3.8) is 0 Å². The Morgan fingerprint density at radius 1 is 1.29 bits per heavy atom. The normalized spacial score (nSPS) is 10.8. The van der Waals surface area contributed by atoms with Crippen LogP contribution in [-0.2, 0) is 0 Å². The first kappa shape index (κ1) is 10.7. The van der Waals surface area contributed by atoms with Crippen molar-refractivity contribution in [3.8, 4) is 0 Å². The van der Waals surface area contributed by atoms with Crippen LogP contribution in [-0.4, -0.2) is 20.1 Å². The fourth-order valence-electron chi connectivity index (χ4n) is 1.13. The summed E-state index contributed by atoms with van der Waals surface area (Å²) in [6.45, 7) is 1.33. The number of benzene rings is 1. The second-order valence-electron chi connectivity index (χ2n) is 3.06. The smallest absolute Gasteiger partial charge is 0.123 e. The second kappa shape index (κ2) is 5.40. The minimum Gasteiger partial charge on any atom is -0.371 e. The van der Waals surface area contributed by atoms with E-state index in [2.05, 4.69) is 0 Å². The van der Waals surface area contributed by atoms with Gasteiger partial charge in [-0.15, -0.1) is 0 Å². The third-order valence-electron chi connectivity index (χ3n) is 1.95. The fourth-order valence-corrected chi connectivity index (χ4v) is 1.13. The molecule has 0 aliphatic carbocycles. The Morgan fingerprint density at radius 3 is 2.50 bits per heavy atom. The number of rotatable bonds is 4. The van der Waals surface area contributed by atoms with Crippen LogP contribution in [0.4, 0.5) is 10.1 Å². The molecule has 0 atom stereocenters. The summed E-state index contributed by atoms with van der Waals surface area (Å²) in [5.74, 6) is -0.209. The third kappa shape index (κ3) is 3.18. The van der Waals surface area contributed by atoms with Crippen molar-refractivity contribution in [2.24, 2.45) is 5.73 Å². The summed E-state index contributed by atoms with van der Waals surface area (Å²) < 4.78 is 12.6. The van der Waals surface area contributed by atoms with Gasteiger partial charge in [0.05, 0.1) is 0 Å². The number of likely N-dealkylation sites (N-methyl/N-ethyl adjacent to an activating group) is 1. The third-order valence-corrected chi connectivity index (χ3v) is 1.95. The molecule has 0 fully saturated rings. The monoisotopic (exact) mass is 194 g/mol. The average molecular weight is 194 g/mol. The summed E-state index contributed by atoms with van der Waals surface area (Å²) in [7, 11) is 1.95. The first-order valence-electron chi connectivity index (χ1n) is 4.56. The Morgan fingerprint density at radius 2 is 1.93 bits per heavy atom. The van der Waals surface area contributed by atoms with Crippen LogP contribution in [0.25, 0.3) is 0 Å². The zero-order valence-electron chi connectivity index (χ0n) is 8.28. The molecule has 0 unspecified atom stereocenters. The highest BCUT2D eigenvalue weighted by Crippen LogP contribution is 2.12. The van der Waals surface area contributed by atoms with E-state index in [0.29, 0.717) is 6.54 Å². The van der Waals surface area contributed by atoms with Gasteiger partial charge in [0.2, 0.25) is 0 Å². The van der Waals surface area contributed by atoms with Crippen LogP contribution < -0.4 is 10.6 Å². The maximum absolute atomic E-state index is 12.6. The van der Waals surface area contributed by atoms with Crippen LogP contribution in [0.3, 0.4) is 0 Å². The zero-order chi connectivity index (χ0) is 10.4. The Kier molecular flexibility index (Phi) is 4.13. The van der Waals surface area contributed by atoms with Crippen molar-refractivity contribution >= 4 is 5.69 Å². The van der Waals surface area contributed by atoms with E-state index < -0.39 is 0 Å². The molecule has 0 heterocycles. The van der Waals surface area contributed by atoms with Gasteiger partial charge in [-0.1, -0.05) is 12.2 Å². The number of hydrogen-bond acceptors (Lipinski definition) is 2. The summed E-state index contributed by atoms with van der Waals surface area (Å²) in [6, 6.07) is 6.42. The van der Waals surface area contributed by atoms with E-state index in [1.165, 1.54) is 12.1 Å². The van der Waals surface area contributed by atoms with Gasteiger partial charge < -0.3 is 10.6 Å². The van der Waals surface area contributed by atoms with Gasteiger partial charge in [0, 0.05) is 25.8 Å². The molecule has 0 saturated heterocycles. The largest absolute Gasteiger partial charge is 0.371 e. The second-order valence-corrected chi connectivity index (χ2v) is 3.06. The SMILES string of the molecule is CN(CC=CCN)c1ccc(F)cc1. The van der Waals surface area contributed by atoms with Gasteiger partial charge in [0.25, 0.3) is 0 Å². The molecule has 2 N–H and O–H groups in total. The summed E-state index contributed by atoms with van der Waals surface area (Å²) in [4.78, 5) is 2.02. The molecule has 0 amide bonds. The van der Waals surface area contributed by atoms with Crippen molar-refractivity contribution in [1.82, 2.24) is 0 Å². The summed E-state index contributed by atoms with van der Waals surface area (Å²) in [5.41, 5.74) is 6.31.